The standard InChI is InChI=1S/C23H29F2N3O6S2/c1-23(2,35-14-11-28-9-12-33-13-10-28)21(22(29)26-30)27-36(31,32)18-7-8-20(19(25)15-18)34-17-5-3-16(24)4-6-17/h3-8,15,21,27,30H,9-14H2,1-2H3,(H,26,29)/t21-/m0/s1. The van der Waals surface area contributed by atoms with Crippen LogP contribution in [0.15, 0.2) is 47.4 Å². The van der Waals surface area contributed by atoms with Gasteiger partial charge in [-0.25, -0.2) is 22.7 Å². The summed E-state index contributed by atoms with van der Waals surface area (Å²) >= 11 is 1.37. The molecule has 198 valence electrons. The Morgan fingerprint density at radius 1 is 1.19 bits per heavy atom. The molecule has 0 spiro atoms. The lowest BCUT2D eigenvalue weighted by atomic mass is 10.0. The van der Waals surface area contributed by atoms with Crippen LogP contribution in [0, 0.1) is 11.6 Å². The van der Waals surface area contributed by atoms with E-state index in [2.05, 4.69) is 9.62 Å². The van der Waals surface area contributed by atoms with Gasteiger partial charge in [-0.3, -0.25) is 14.9 Å². The Balaban J connectivity index is 1.71. The van der Waals surface area contributed by atoms with Gasteiger partial charge in [0.05, 0.1) is 18.1 Å². The fourth-order valence-electron chi connectivity index (χ4n) is 3.51. The molecule has 2 aromatic carbocycles. The van der Waals surface area contributed by atoms with E-state index in [9.17, 15) is 27.2 Å². The zero-order valence-electron chi connectivity index (χ0n) is 19.9. The summed E-state index contributed by atoms with van der Waals surface area (Å²) in [6.45, 7) is 6.96. The number of nitrogens with one attached hydrogen (secondary N) is 2. The van der Waals surface area contributed by atoms with Gasteiger partial charge >= 0.3 is 0 Å². The highest BCUT2D eigenvalue weighted by Gasteiger charge is 2.39. The second-order valence-electron chi connectivity index (χ2n) is 8.58. The SMILES string of the molecule is CC(C)(SCCN1CCOCC1)[C@@H](NS(=O)(=O)c1ccc(Oc2ccc(F)cc2)c(F)c1)C(=O)NO. The number of morpholine rings is 1. The first kappa shape index (κ1) is 28.3. The third-order valence-corrected chi connectivity index (χ3v) is 8.37. The molecule has 1 aliphatic rings. The van der Waals surface area contributed by atoms with E-state index in [1.807, 2.05) is 0 Å². The van der Waals surface area contributed by atoms with E-state index in [0.717, 1.165) is 50.0 Å². The van der Waals surface area contributed by atoms with Crippen molar-refractivity contribution in [2.24, 2.45) is 0 Å². The Morgan fingerprint density at radius 2 is 1.86 bits per heavy atom. The minimum absolute atomic E-state index is 0.166. The van der Waals surface area contributed by atoms with Crippen molar-refractivity contribution in [3.05, 3.63) is 54.1 Å². The highest BCUT2D eigenvalue weighted by molar-refractivity contribution is 8.00. The molecule has 1 aliphatic heterocycles. The van der Waals surface area contributed by atoms with Gasteiger partial charge in [0, 0.05) is 30.1 Å². The average Bonchev–Trinajstić information content (AvgIpc) is 2.85. The predicted molar refractivity (Wildman–Crippen MR) is 131 cm³/mol. The molecule has 0 unspecified atom stereocenters. The maximum atomic E-state index is 14.7. The number of amides is 1. The normalized spacial score (nSPS) is 15.9. The summed E-state index contributed by atoms with van der Waals surface area (Å²) in [5, 5.41) is 9.24. The lowest BCUT2D eigenvalue weighted by Crippen LogP contribution is -2.56. The molecule has 0 saturated carbocycles. The van der Waals surface area contributed by atoms with Crippen molar-refractivity contribution in [3.8, 4) is 11.5 Å². The molecule has 0 bridgehead atoms. The number of rotatable bonds is 11. The molecule has 0 radical (unpaired) electrons. The summed E-state index contributed by atoms with van der Waals surface area (Å²) in [4.78, 5) is 14.2. The molecule has 1 atom stereocenters. The molecule has 13 heteroatoms. The largest absolute Gasteiger partial charge is 0.454 e. The fraction of sp³-hybridized carbons (Fsp3) is 0.435. The lowest BCUT2D eigenvalue weighted by Gasteiger charge is -2.34. The van der Waals surface area contributed by atoms with E-state index in [1.165, 1.54) is 29.4 Å². The number of nitrogens with zero attached hydrogens (tertiary/aromatic N) is 1. The number of hydroxylamine groups is 1. The number of sulfonamides is 1. The van der Waals surface area contributed by atoms with Gasteiger partial charge in [0.15, 0.2) is 11.6 Å². The smallest absolute Gasteiger partial charge is 0.262 e. The highest BCUT2D eigenvalue weighted by atomic mass is 32.2. The van der Waals surface area contributed by atoms with Gasteiger partial charge in [0.2, 0.25) is 10.0 Å². The number of thioether (sulfide) groups is 1. The van der Waals surface area contributed by atoms with Gasteiger partial charge in [-0.05, 0) is 56.3 Å². The summed E-state index contributed by atoms with van der Waals surface area (Å²) < 4.78 is 65.8. The van der Waals surface area contributed by atoms with E-state index in [1.54, 1.807) is 13.8 Å². The Hall–Kier alpha value is -2.29. The number of hydrogen-bond donors (Lipinski definition) is 3. The highest BCUT2D eigenvalue weighted by Crippen LogP contribution is 2.31. The number of halogens is 2. The van der Waals surface area contributed by atoms with Gasteiger partial charge in [0.1, 0.15) is 17.6 Å². The van der Waals surface area contributed by atoms with E-state index in [0.29, 0.717) is 19.0 Å². The molecule has 0 aromatic heterocycles. The molecule has 3 rings (SSSR count). The molecule has 1 heterocycles. The Labute approximate surface area is 213 Å². The quantitative estimate of drug-likeness (QED) is 0.292. The first-order valence-corrected chi connectivity index (χ1v) is 13.6. The summed E-state index contributed by atoms with van der Waals surface area (Å²) in [6, 6.07) is 6.53. The van der Waals surface area contributed by atoms with Crippen molar-refractivity contribution >= 4 is 27.7 Å². The second kappa shape index (κ2) is 12.3. The van der Waals surface area contributed by atoms with E-state index in [4.69, 9.17) is 9.47 Å². The van der Waals surface area contributed by atoms with Gasteiger partial charge in [-0.15, -0.1) is 0 Å². The molecule has 1 saturated heterocycles. The van der Waals surface area contributed by atoms with Gasteiger partial charge < -0.3 is 9.47 Å². The number of benzene rings is 2. The minimum Gasteiger partial charge on any atom is -0.454 e. The van der Waals surface area contributed by atoms with Crippen LogP contribution < -0.4 is 14.9 Å². The van der Waals surface area contributed by atoms with Gasteiger partial charge in [0.25, 0.3) is 5.91 Å². The second-order valence-corrected chi connectivity index (χ2v) is 12.0. The van der Waals surface area contributed by atoms with Crippen molar-refractivity contribution in [2.75, 3.05) is 38.6 Å². The maximum absolute atomic E-state index is 14.7. The fourth-order valence-corrected chi connectivity index (χ4v) is 6.14. The first-order chi connectivity index (χ1) is 17.0. The molecule has 36 heavy (non-hydrogen) atoms. The number of hydrogen-bond acceptors (Lipinski definition) is 8. The molecule has 0 aliphatic carbocycles. The number of carbonyl (C=O) groups is 1. The molecular formula is C23H29F2N3O6S2. The average molecular weight is 546 g/mol. The monoisotopic (exact) mass is 545 g/mol. The van der Waals surface area contributed by atoms with Crippen LogP contribution in [0.2, 0.25) is 0 Å². The zero-order valence-corrected chi connectivity index (χ0v) is 21.5. The van der Waals surface area contributed by atoms with E-state index < -0.39 is 43.2 Å². The van der Waals surface area contributed by atoms with Crippen molar-refractivity contribution in [3.63, 3.8) is 0 Å². The predicted octanol–water partition coefficient (Wildman–Crippen LogP) is 2.75. The molecule has 1 fully saturated rings. The van der Waals surface area contributed by atoms with E-state index in [-0.39, 0.29) is 11.5 Å². The van der Waals surface area contributed by atoms with Crippen LogP contribution in [0.5, 0.6) is 11.5 Å². The van der Waals surface area contributed by atoms with Crippen LogP contribution in [0.25, 0.3) is 0 Å². The third-order valence-electron chi connectivity index (χ3n) is 5.58. The zero-order chi connectivity index (χ0) is 26.3. The molecule has 1 amide bonds. The Kier molecular flexibility index (Phi) is 9.66. The Bertz CT molecular complexity index is 1140. The minimum atomic E-state index is -4.37. The molecule has 3 N–H and O–H groups in total. The summed E-state index contributed by atoms with van der Waals surface area (Å²) in [5.41, 5.74) is 1.51. The van der Waals surface area contributed by atoms with Crippen LogP contribution in [0.1, 0.15) is 13.8 Å². The number of carbonyl (C=O) groups excluding carboxylic acids is 1. The maximum Gasteiger partial charge on any atom is 0.262 e. The molecule has 2 aromatic rings. The van der Waals surface area contributed by atoms with Crippen LogP contribution in [-0.2, 0) is 19.6 Å². The first-order valence-electron chi connectivity index (χ1n) is 11.1. The van der Waals surface area contributed by atoms with Crippen molar-refractivity contribution < 1.29 is 36.7 Å². The van der Waals surface area contributed by atoms with Crippen molar-refractivity contribution in [1.82, 2.24) is 15.1 Å². The van der Waals surface area contributed by atoms with Crippen molar-refractivity contribution in [2.45, 2.75) is 29.5 Å². The molecular weight excluding hydrogens is 516 g/mol. The number of ether oxygens (including phenoxy) is 2. The van der Waals surface area contributed by atoms with Crippen molar-refractivity contribution in [1.29, 1.82) is 0 Å². The van der Waals surface area contributed by atoms with Gasteiger partial charge in [-0.2, -0.15) is 16.5 Å². The van der Waals surface area contributed by atoms with Gasteiger partial charge in [-0.1, -0.05) is 0 Å². The van der Waals surface area contributed by atoms with Crippen LogP contribution >= 0.6 is 11.8 Å². The summed E-state index contributed by atoms with van der Waals surface area (Å²) in [6.07, 6.45) is 0. The van der Waals surface area contributed by atoms with Crippen LogP contribution in [0.3, 0.4) is 0 Å². The lowest BCUT2D eigenvalue weighted by molar-refractivity contribution is -0.131. The van der Waals surface area contributed by atoms with Crippen LogP contribution in [0.4, 0.5) is 8.78 Å². The summed E-state index contributed by atoms with van der Waals surface area (Å²) in [7, 11) is -4.37. The molecule has 9 nitrogen and oxygen atoms in total. The summed E-state index contributed by atoms with van der Waals surface area (Å²) in [5.74, 6) is -1.89. The Morgan fingerprint density at radius 3 is 2.47 bits per heavy atom. The van der Waals surface area contributed by atoms with Crippen LogP contribution in [-0.4, -0.2) is 73.8 Å². The topological polar surface area (TPSA) is 117 Å². The third kappa shape index (κ3) is 7.60. The van der Waals surface area contributed by atoms with E-state index >= 15 is 0 Å².